The second-order valence-corrected chi connectivity index (χ2v) is 4.19. The Labute approximate surface area is 82.9 Å². The van der Waals surface area contributed by atoms with Crippen molar-refractivity contribution in [3.63, 3.8) is 0 Å². The minimum atomic E-state index is -0.798. The molecular formula is C9H16N2O3. The number of hydrogen-bond acceptors (Lipinski definition) is 3. The van der Waals surface area contributed by atoms with Crippen molar-refractivity contribution in [2.75, 3.05) is 39.3 Å². The molecule has 5 heteroatoms. The summed E-state index contributed by atoms with van der Waals surface area (Å²) in [6.45, 7) is 4.13. The maximum Gasteiger partial charge on any atom is 0.407 e. The maximum atomic E-state index is 10.7. The van der Waals surface area contributed by atoms with Crippen LogP contribution in [-0.2, 0) is 0 Å². The number of aliphatic hydroxyl groups excluding tert-OH is 1. The van der Waals surface area contributed by atoms with Crippen LogP contribution in [0, 0.1) is 11.8 Å². The largest absolute Gasteiger partial charge is 0.465 e. The van der Waals surface area contributed by atoms with Crippen molar-refractivity contribution in [1.29, 1.82) is 0 Å². The lowest BCUT2D eigenvalue weighted by Gasteiger charge is -2.18. The summed E-state index contributed by atoms with van der Waals surface area (Å²) in [5.74, 6) is 0.968. The second-order valence-electron chi connectivity index (χ2n) is 4.19. The van der Waals surface area contributed by atoms with Gasteiger partial charge in [0.05, 0.1) is 6.61 Å². The van der Waals surface area contributed by atoms with Gasteiger partial charge in [0.15, 0.2) is 0 Å². The highest BCUT2D eigenvalue weighted by Gasteiger charge is 2.41. The zero-order valence-electron chi connectivity index (χ0n) is 8.09. The van der Waals surface area contributed by atoms with E-state index in [0.29, 0.717) is 24.9 Å². The molecule has 2 rings (SSSR count). The third-order valence-corrected chi connectivity index (χ3v) is 3.25. The van der Waals surface area contributed by atoms with E-state index < -0.39 is 6.09 Å². The third kappa shape index (κ3) is 1.69. The van der Waals surface area contributed by atoms with E-state index in [-0.39, 0.29) is 6.61 Å². The Balaban J connectivity index is 1.87. The smallest absolute Gasteiger partial charge is 0.407 e. The topological polar surface area (TPSA) is 64.0 Å². The van der Waals surface area contributed by atoms with Gasteiger partial charge in [0, 0.05) is 32.7 Å². The van der Waals surface area contributed by atoms with Gasteiger partial charge in [-0.15, -0.1) is 0 Å². The van der Waals surface area contributed by atoms with Crippen molar-refractivity contribution in [1.82, 2.24) is 9.80 Å². The predicted octanol–water partition coefficient (Wildman–Crippen LogP) is -0.480. The molecule has 2 aliphatic heterocycles. The van der Waals surface area contributed by atoms with Gasteiger partial charge in [-0.25, -0.2) is 4.79 Å². The van der Waals surface area contributed by atoms with E-state index in [2.05, 4.69) is 4.90 Å². The fraction of sp³-hybridized carbons (Fsp3) is 0.889. The van der Waals surface area contributed by atoms with Crippen LogP contribution in [0.25, 0.3) is 0 Å². The van der Waals surface area contributed by atoms with Gasteiger partial charge in [-0.05, 0) is 11.8 Å². The molecule has 2 fully saturated rings. The Morgan fingerprint density at radius 1 is 1.21 bits per heavy atom. The predicted molar refractivity (Wildman–Crippen MR) is 50.1 cm³/mol. The normalized spacial score (nSPS) is 32.2. The summed E-state index contributed by atoms with van der Waals surface area (Å²) in [4.78, 5) is 14.4. The van der Waals surface area contributed by atoms with Gasteiger partial charge >= 0.3 is 6.09 Å². The molecule has 2 aliphatic rings. The number of aliphatic hydroxyl groups is 1. The lowest BCUT2D eigenvalue weighted by molar-refractivity contribution is 0.146. The average molecular weight is 200 g/mol. The van der Waals surface area contributed by atoms with E-state index in [1.165, 1.54) is 4.90 Å². The highest BCUT2D eigenvalue weighted by molar-refractivity contribution is 5.65. The van der Waals surface area contributed by atoms with Crippen LogP contribution in [0.15, 0.2) is 0 Å². The maximum absolute atomic E-state index is 10.7. The summed E-state index contributed by atoms with van der Waals surface area (Å²) in [7, 11) is 0. The van der Waals surface area contributed by atoms with E-state index in [9.17, 15) is 4.79 Å². The van der Waals surface area contributed by atoms with E-state index in [1.54, 1.807) is 0 Å². The van der Waals surface area contributed by atoms with Crippen molar-refractivity contribution in [3.8, 4) is 0 Å². The Morgan fingerprint density at radius 2 is 1.79 bits per heavy atom. The summed E-state index contributed by atoms with van der Waals surface area (Å²) < 4.78 is 0. The molecular weight excluding hydrogens is 184 g/mol. The molecule has 0 aromatic heterocycles. The number of amides is 1. The lowest BCUT2D eigenvalue weighted by atomic mass is 10.0. The summed E-state index contributed by atoms with van der Waals surface area (Å²) in [6, 6.07) is 0. The quantitative estimate of drug-likeness (QED) is 0.632. The summed E-state index contributed by atoms with van der Waals surface area (Å²) in [6.07, 6.45) is -0.798. The number of likely N-dealkylation sites (tertiary alicyclic amines) is 2. The van der Waals surface area contributed by atoms with Gasteiger partial charge in [-0.3, -0.25) is 0 Å². The second kappa shape index (κ2) is 3.74. The van der Waals surface area contributed by atoms with Crippen molar-refractivity contribution >= 4 is 6.09 Å². The molecule has 0 aliphatic carbocycles. The highest BCUT2D eigenvalue weighted by Crippen LogP contribution is 2.30. The van der Waals surface area contributed by atoms with E-state index >= 15 is 0 Å². The molecule has 0 bridgehead atoms. The molecule has 0 aromatic rings. The monoisotopic (exact) mass is 200 g/mol. The van der Waals surface area contributed by atoms with Gasteiger partial charge in [0.1, 0.15) is 0 Å². The first-order valence-electron chi connectivity index (χ1n) is 5.02. The lowest BCUT2D eigenvalue weighted by Crippen LogP contribution is -2.33. The third-order valence-electron chi connectivity index (χ3n) is 3.25. The Bertz CT molecular complexity index is 220. The first-order chi connectivity index (χ1) is 6.70. The molecule has 2 unspecified atom stereocenters. The fourth-order valence-corrected chi connectivity index (χ4v) is 2.57. The SMILES string of the molecule is O=C(O)N1CC2CN(CCO)CC2C1. The standard InChI is InChI=1S/C9H16N2O3/c12-2-1-10-3-7-5-11(9(13)14)6-8(7)4-10/h7-8,12H,1-6H2,(H,13,14). The first kappa shape index (κ1) is 9.73. The van der Waals surface area contributed by atoms with Crippen molar-refractivity contribution in [2.24, 2.45) is 11.8 Å². The van der Waals surface area contributed by atoms with Crippen LogP contribution >= 0.6 is 0 Å². The van der Waals surface area contributed by atoms with E-state index in [0.717, 1.165) is 19.6 Å². The minimum absolute atomic E-state index is 0.197. The van der Waals surface area contributed by atoms with Crippen molar-refractivity contribution in [3.05, 3.63) is 0 Å². The van der Waals surface area contributed by atoms with Crippen LogP contribution < -0.4 is 0 Å². The summed E-state index contributed by atoms with van der Waals surface area (Å²) in [5.41, 5.74) is 0. The van der Waals surface area contributed by atoms with Crippen LogP contribution in [0.5, 0.6) is 0 Å². The number of carbonyl (C=O) groups is 1. The van der Waals surface area contributed by atoms with Crippen LogP contribution in [0.3, 0.4) is 0 Å². The Morgan fingerprint density at radius 3 is 2.21 bits per heavy atom. The summed E-state index contributed by atoms with van der Waals surface area (Å²) >= 11 is 0. The fourth-order valence-electron chi connectivity index (χ4n) is 2.57. The molecule has 2 atom stereocenters. The molecule has 80 valence electrons. The van der Waals surface area contributed by atoms with E-state index in [1.807, 2.05) is 0 Å². The molecule has 2 saturated heterocycles. The van der Waals surface area contributed by atoms with Crippen LogP contribution in [-0.4, -0.2) is 65.4 Å². The minimum Gasteiger partial charge on any atom is -0.465 e. The number of β-amino-alcohol motifs (C(OH)–C–C–N with tert-alkyl or cyclic N) is 1. The van der Waals surface area contributed by atoms with Gasteiger partial charge in [-0.1, -0.05) is 0 Å². The molecule has 14 heavy (non-hydrogen) atoms. The number of carboxylic acid groups (broad SMARTS) is 1. The molecule has 1 amide bonds. The molecule has 0 spiro atoms. The molecule has 0 radical (unpaired) electrons. The van der Waals surface area contributed by atoms with Crippen molar-refractivity contribution in [2.45, 2.75) is 0 Å². The number of rotatable bonds is 2. The van der Waals surface area contributed by atoms with Crippen LogP contribution in [0.4, 0.5) is 4.79 Å². The zero-order valence-corrected chi connectivity index (χ0v) is 8.09. The number of nitrogens with zero attached hydrogens (tertiary/aromatic N) is 2. The van der Waals surface area contributed by atoms with Gasteiger partial charge in [0.25, 0.3) is 0 Å². The molecule has 2 N–H and O–H groups in total. The average Bonchev–Trinajstić information content (AvgIpc) is 2.61. The molecule has 0 saturated carbocycles. The van der Waals surface area contributed by atoms with Gasteiger partial charge < -0.3 is 20.0 Å². The van der Waals surface area contributed by atoms with Crippen molar-refractivity contribution < 1.29 is 15.0 Å². The van der Waals surface area contributed by atoms with Gasteiger partial charge in [-0.2, -0.15) is 0 Å². The van der Waals surface area contributed by atoms with Crippen LogP contribution in [0.2, 0.25) is 0 Å². The zero-order chi connectivity index (χ0) is 10.1. The Kier molecular flexibility index (Phi) is 2.60. The Hall–Kier alpha value is -0.810. The molecule has 5 nitrogen and oxygen atoms in total. The van der Waals surface area contributed by atoms with Crippen LogP contribution in [0.1, 0.15) is 0 Å². The molecule has 2 heterocycles. The summed E-state index contributed by atoms with van der Waals surface area (Å²) in [5, 5.41) is 17.6. The van der Waals surface area contributed by atoms with E-state index in [4.69, 9.17) is 10.2 Å². The highest BCUT2D eigenvalue weighted by atomic mass is 16.4. The number of hydrogen-bond donors (Lipinski definition) is 2. The molecule has 0 aromatic carbocycles. The first-order valence-corrected chi connectivity index (χ1v) is 5.02. The van der Waals surface area contributed by atoms with Gasteiger partial charge in [0.2, 0.25) is 0 Å². The number of fused-ring (bicyclic) bond motifs is 1.